The zero-order valence-corrected chi connectivity index (χ0v) is 28.7. The van der Waals surface area contributed by atoms with E-state index in [9.17, 15) is 69.6 Å². The summed E-state index contributed by atoms with van der Waals surface area (Å²) in [6.45, 7) is 2.62. The van der Waals surface area contributed by atoms with E-state index in [1.54, 1.807) is 0 Å². The summed E-state index contributed by atoms with van der Waals surface area (Å²) in [5.74, 6) is -13.9. The zero-order chi connectivity index (χ0) is 41.0. The first kappa shape index (κ1) is 41.9. The molecule has 3 aromatic rings. The molecule has 0 bridgehead atoms. The minimum Gasteiger partial charge on any atom is -0.504 e. The monoisotopic (exact) mass is 766 g/mol. The Bertz CT molecular complexity index is 2030. The lowest BCUT2D eigenvalue weighted by Gasteiger charge is -2.32. The quantitative estimate of drug-likeness (QED) is 0.0450. The fourth-order valence-electron chi connectivity index (χ4n) is 4.32. The van der Waals surface area contributed by atoms with Gasteiger partial charge in [-0.15, -0.1) is 0 Å². The van der Waals surface area contributed by atoms with Gasteiger partial charge in [-0.1, -0.05) is 32.0 Å². The van der Waals surface area contributed by atoms with Gasteiger partial charge in [0.2, 0.25) is 12.2 Å². The fourth-order valence-corrected chi connectivity index (χ4v) is 4.32. The normalized spacial score (nSPS) is 13.6. The molecule has 0 heterocycles. The number of aromatic hydroxyl groups is 6. The maximum atomic E-state index is 13.2. The first-order valence-electron chi connectivity index (χ1n) is 15.7. The Balaban J connectivity index is 2.12. The van der Waals surface area contributed by atoms with Crippen LogP contribution in [-0.2, 0) is 47.7 Å². The van der Waals surface area contributed by atoms with E-state index in [4.69, 9.17) is 18.9 Å². The third-order valence-corrected chi connectivity index (χ3v) is 7.10. The second-order valence-electron chi connectivity index (χ2n) is 11.6. The summed E-state index contributed by atoms with van der Waals surface area (Å²) < 4.78 is 20.6. The number of carbonyl (C=O) groups is 6. The molecule has 0 saturated carbocycles. The number of ether oxygens (including phenoxy) is 4. The van der Waals surface area contributed by atoms with Crippen LogP contribution in [0.15, 0.2) is 72.8 Å². The molecule has 4 atom stereocenters. The minimum absolute atomic E-state index is 0.0954. The average Bonchev–Trinajstić information content (AvgIpc) is 3.12. The number of aliphatic carboxylic acids is 2. The number of hydrogen-bond acceptors (Lipinski definition) is 16. The number of phenols is 6. The minimum atomic E-state index is -2.70. The van der Waals surface area contributed by atoms with Crippen molar-refractivity contribution in [2.45, 2.75) is 38.3 Å². The summed E-state index contributed by atoms with van der Waals surface area (Å²) in [6, 6.07) is 10.0. The highest BCUT2D eigenvalue weighted by Crippen LogP contribution is 2.28. The van der Waals surface area contributed by atoms with Crippen molar-refractivity contribution in [3.63, 3.8) is 0 Å². The second-order valence-corrected chi connectivity index (χ2v) is 11.6. The van der Waals surface area contributed by atoms with E-state index in [-0.39, 0.29) is 16.7 Å². The number of carboxylic acid groups (broad SMARTS) is 2. The Morgan fingerprint density at radius 1 is 0.473 bits per heavy atom. The van der Waals surface area contributed by atoms with Crippen molar-refractivity contribution >= 4 is 54.0 Å². The molecule has 8 N–H and O–H groups in total. The molecule has 0 aliphatic heterocycles. The van der Waals surface area contributed by atoms with E-state index in [0.29, 0.717) is 18.2 Å². The van der Waals surface area contributed by atoms with E-state index >= 15 is 0 Å². The lowest BCUT2D eigenvalue weighted by atomic mass is 10.0. The summed E-state index contributed by atoms with van der Waals surface area (Å²) in [6.07, 6.45) is -5.47. The summed E-state index contributed by atoms with van der Waals surface area (Å²) >= 11 is 0. The second kappa shape index (κ2) is 18.8. The number of benzene rings is 3. The van der Waals surface area contributed by atoms with Gasteiger partial charge in [0, 0.05) is 18.2 Å². The first-order chi connectivity index (χ1) is 25.9. The van der Waals surface area contributed by atoms with Crippen molar-refractivity contribution in [2.24, 2.45) is 5.92 Å². The molecule has 0 radical (unpaired) electrons. The smallest absolute Gasteiger partial charge is 0.349 e. The van der Waals surface area contributed by atoms with Crippen molar-refractivity contribution in [2.75, 3.05) is 0 Å². The molecular weight excluding hydrogens is 732 g/mol. The van der Waals surface area contributed by atoms with Gasteiger partial charge < -0.3 is 59.8 Å². The number of carboxylic acids is 2. The Labute approximate surface area is 310 Å². The highest BCUT2D eigenvalue weighted by atomic mass is 16.6. The standard InChI is InChI=1S/C37H34O18/c1-18(2)37(51)55-34(36(49)50)32(53-29(45)13-7-20-4-10-23(39)26(42)16-20)31(52-28(44)12-6-19-3-9-22(38)25(41)15-19)33(35(47)48)54-30(46)14-8-21-5-11-24(40)27(43)17-21/h3-18,31-34,38-43H,1-2H3,(H,47,48)(H,49,50). The van der Waals surface area contributed by atoms with E-state index in [0.717, 1.165) is 54.6 Å². The number of rotatable bonds is 16. The van der Waals surface area contributed by atoms with Gasteiger partial charge in [-0.3, -0.25) is 4.79 Å². The molecular formula is C37H34O18. The van der Waals surface area contributed by atoms with Crippen LogP contribution < -0.4 is 0 Å². The van der Waals surface area contributed by atoms with Gasteiger partial charge in [0.1, 0.15) is 0 Å². The van der Waals surface area contributed by atoms with E-state index in [1.165, 1.54) is 32.0 Å². The molecule has 0 aromatic heterocycles. The maximum absolute atomic E-state index is 13.2. The van der Waals surface area contributed by atoms with E-state index in [2.05, 4.69) is 0 Å². The predicted molar refractivity (Wildman–Crippen MR) is 186 cm³/mol. The first-order valence-corrected chi connectivity index (χ1v) is 15.7. The van der Waals surface area contributed by atoms with Gasteiger partial charge in [0.05, 0.1) is 5.92 Å². The van der Waals surface area contributed by atoms with Crippen LogP contribution in [0, 0.1) is 5.92 Å². The number of hydrogen-bond donors (Lipinski definition) is 8. The highest BCUT2D eigenvalue weighted by molar-refractivity contribution is 5.91. The third kappa shape index (κ3) is 12.3. The number of phenolic OH excluding ortho intramolecular Hbond substituents is 6. The molecule has 290 valence electrons. The van der Waals surface area contributed by atoms with Crippen molar-refractivity contribution in [1.82, 2.24) is 0 Å². The van der Waals surface area contributed by atoms with Gasteiger partial charge >= 0.3 is 35.8 Å². The van der Waals surface area contributed by atoms with Gasteiger partial charge in [-0.05, 0) is 71.3 Å². The summed E-state index contributed by atoms with van der Waals surface area (Å²) in [7, 11) is 0. The lowest BCUT2D eigenvalue weighted by molar-refractivity contribution is -0.205. The van der Waals surface area contributed by atoms with Crippen LogP contribution in [0.4, 0.5) is 0 Å². The van der Waals surface area contributed by atoms with Gasteiger partial charge in [0.15, 0.2) is 46.7 Å². The van der Waals surface area contributed by atoms with E-state index in [1.807, 2.05) is 0 Å². The molecule has 0 fully saturated rings. The van der Waals surface area contributed by atoms with Crippen molar-refractivity contribution in [3.8, 4) is 34.5 Å². The van der Waals surface area contributed by atoms with E-state index < -0.39 is 101 Å². The van der Waals surface area contributed by atoms with Crippen molar-refractivity contribution in [1.29, 1.82) is 0 Å². The molecule has 18 nitrogen and oxygen atoms in total. The maximum Gasteiger partial charge on any atom is 0.349 e. The lowest BCUT2D eigenvalue weighted by Crippen LogP contribution is -2.56. The molecule has 3 rings (SSSR count). The molecule has 3 aromatic carbocycles. The van der Waals surface area contributed by atoms with Crippen LogP contribution in [-0.4, -0.2) is 101 Å². The van der Waals surface area contributed by atoms with Gasteiger partial charge in [0.25, 0.3) is 0 Å². The molecule has 55 heavy (non-hydrogen) atoms. The van der Waals surface area contributed by atoms with Crippen LogP contribution in [0.25, 0.3) is 18.2 Å². The zero-order valence-electron chi connectivity index (χ0n) is 28.7. The van der Waals surface area contributed by atoms with Crippen LogP contribution >= 0.6 is 0 Å². The summed E-state index contributed by atoms with van der Waals surface area (Å²) in [5.41, 5.74) is 0.307. The topological polar surface area (TPSA) is 301 Å². The van der Waals surface area contributed by atoms with Crippen LogP contribution in [0.1, 0.15) is 30.5 Å². The van der Waals surface area contributed by atoms with Gasteiger partial charge in [-0.2, -0.15) is 0 Å². The Morgan fingerprint density at radius 2 is 0.782 bits per heavy atom. The molecule has 18 heteroatoms. The molecule has 4 unspecified atom stereocenters. The SMILES string of the molecule is CC(C)C(=O)OC(C(=O)O)C(OC(=O)C=Cc1ccc(O)c(O)c1)C(OC(=O)C=Cc1ccc(O)c(O)c1)C(OC(=O)C=Cc1ccc(O)c(O)c1)C(=O)O. The number of esters is 4. The molecule has 0 spiro atoms. The molecule has 0 aliphatic rings. The van der Waals surface area contributed by atoms with Crippen LogP contribution in [0.5, 0.6) is 34.5 Å². The van der Waals surface area contributed by atoms with Crippen LogP contribution in [0.2, 0.25) is 0 Å². The van der Waals surface area contributed by atoms with Gasteiger partial charge in [-0.25, -0.2) is 24.0 Å². The van der Waals surface area contributed by atoms with Crippen molar-refractivity contribution < 1.29 is 88.6 Å². The summed E-state index contributed by atoms with van der Waals surface area (Å²) in [4.78, 5) is 77.1. The highest BCUT2D eigenvalue weighted by Gasteiger charge is 2.50. The molecule has 0 aliphatic carbocycles. The fraction of sp³-hybridized carbons (Fsp3) is 0.189. The molecule has 0 saturated heterocycles. The summed E-state index contributed by atoms with van der Waals surface area (Å²) in [5, 5.41) is 78.3. The Kier molecular flexibility index (Phi) is 14.4. The molecule has 0 amide bonds. The Morgan fingerprint density at radius 3 is 1.07 bits per heavy atom. The number of carbonyl (C=O) groups excluding carboxylic acids is 4. The van der Waals surface area contributed by atoms with Crippen molar-refractivity contribution in [3.05, 3.63) is 89.5 Å². The van der Waals surface area contributed by atoms with Crippen LogP contribution in [0.3, 0.4) is 0 Å². The largest absolute Gasteiger partial charge is 0.504 e. The predicted octanol–water partition coefficient (Wildman–Crippen LogP) is 2.83. The average molecular weight is 767 g/mol. The Hall–Kier alpha value is -7.50. The third-order valence-electron chi connectivity index (χ3n) is 7.10.